The highest BCUT2D eigenvalue weighted by Gasteiger charge is 2.24. The van der Waals surface area contributed by atoms with E-state index in [2.05, 4.69) is 29.2 Å². The average Bonchev–Trinajstić information content (AvgIpc) is 2.58. The number of likely N-dealkylation sites (tertiary alicyclic amines) is 1. The number of rotatable bonds is 1. The smallest absolute Gasteiger partial charge is 0.110 e. The lowest BCUT2D eigenvalue weighted by molar-refractivity contribution is 0.316. The molecule has 0 aliphatic carbocycles. The molecule has 1 aromatic rings. The van der Waals surface area contributed by atoms with Gasteiger partial charge in [0.15, 0.2) is 0 Å². The number of aromatic nitrogens is 1. The van der Waals surface area contributed by atoms with Crippen molar-refractivity contribution < 1.29 is 0 Å². The molecule has 0 spiro atoms. The molecule has 2 heterocycles. The van der Waals surface area contributed by atoms with E-state index < -0.39 is 0 Å². The van der Waals surface area contributed by atoms with E-state index >= 15 is 0 Å². The molecule has 0 aromatic carbocycles. The molecule has 2 nitrogen and oxygen atoms in total. The molecular weight excluding hydrogens is 168 g/mol. The maximum absolute atomic E-state index is 4.52. The van der Waals surface area contributed by atoms with Crippen molar-refractivity contribution in [3.63, 3.8) is 0 Å². The Morgan fingerprint density at radius 1 is 1.67 bits per heavy atom. The first-order chi connectivity index (χ1) is 5.77. The predicted octanol–water partition coefficient (Wildman–Crippen LogP) is 2.22. The molecule has 1 aliphatic rings. The third kappa shape index (κ3) is 1.39. The molecule has 3 heteroatoms. The Labute approximate surface area is 77.2 Å². The second-order valence-corrected chi connectivity index (χ2v) is 4.36. The predicted molar refractivity (Wildman–Crippen MR) is 51.5 cm³/mol. The summed E-state index contributed by atoms with van der Waals surface area (Å²) in [6, 6.07) is 0.601. The van der Waals surface area contributed by atoms with Gasteiger partial charge in [0.1, 0.15) is 5.01 Å². The van der Waals surface area contributed by atoms with Crippen molar-refractivity contribution in [1.82, 2.24) is 9.88 Å². The Hall–Kier alpha value is -0.410. The van der Waals surface area contributed by atoms with E-state index in [4.69, 9.17) is 0 Å². The third-order valence-corrected chi connectivity index (χ3v) is 3.51. The third-order valence-electron chi connectivity index (χ3n) is 2.44. The van der Waals surface area contributed by atoms with Gasteiger partial charge in [-0.3, -0.25) is 4.90 Å². The molecule has 0 radical (unpaired) electrons. The fourth-order valence-electron chi connectivity index (χ4n) is 1.75. The van der Waals surface area contributed by atoms with Crippen LogP contribution in [0.5, 0.6) is 0 Å². The van der Waals surface area contributed by atoms with E-state index in [9.17, 15) is 0 Å². The Kier molecular flexibility index (Phi) is 2.15. The van der Waals surface area contributed by atoms with Gasteiger partial charge in [0.25, 0.3) is 0 Å². The van der Waals surface area contributed by atoms with Crippen molar-refractivity contribution in [3.05, 3.63) is 16.1 Å². The highest BCUT2D eigenvalue weighted by atomic mass is 32.1. The lowest BCUT2D eigenvalue weighted by Crippen LogP contribution is -2.17. The Balaban J connectivity index is 2.19. The van der Waals surface area contributed by atoms with Crippen LogP contribution in [0.3, 0.4) is 0 Å². The van der Waals surface area contributed by atoms with Crippen molar-refractivity contribution in [2.75, 3.05) is 13.6 Å². The van der Waals surface area contributed by atoms with Crippen LogP contribution in [-0.4, -0.2) is 23.5 Å². The molecule has 2 rings (SSSR count). The van der Waals surface area contributed by atoms with Gasteiger partial charge >= 0.3 is 0 Å². The van der Waals surface area contributed by atoms with E-state index in [-0.39, 0.29) is 0 Å². The number of thiazole rings is 1. The van der Waals surface area contributed by atoms with Gasteiger partial charge < -0.3 is 0 Å². The fourth-order valence-corrected chi connectivity index (χ4v) is 2.74. The van der Waals surface area contributed by atoms with Gasteiger partial charge in [0.2, 0.25) is 0 Å². The van der Waals surface area contributed by atoms with Crippen LogP contribution in [0, 0.1) is 6.92 Å². The molecule has 12 heavy (non-hydrogen) atoms. The zero-order valence-electron chi connectivity index (χ0n) is 7.58. The maximum Gasteiger partial charge on any atom is 0.110 e. The fraction of sp³-hybridized carbons (Fsp3) is 0.667. The summed E-state index contributed by atoms with van der Waals surface area (Å²) in [4.78, 5) is 6.92. The zero-order chi connectivity index (χ0) is 8.55. The van der Waals surface area contributed by atoms with Crippen LogP contribution < -0.4 is 0 Å². The Morgan fingerprint density at radius 2 is 2.50 bits per heavy atom. The molecule has 1 aliphatic heterocycles. The minimum absolute atomic E-state index is 0.601. The molecule has 0 unspecified atom stereocenters. The monoisotopic (exact) mass is 182 g/mol. The SMILES string of the molecule is Cc1csc([C@H]2CCCN2C)n1. The van der Waals surface area contributed by atoms with Crippen molar-refractivity contribution >= 4 is 11.3 Å². The number of hydrogen-bond acceptors (Lipinski definition) is 3. The largest absolute Gasteiger partial charge is 0.297 e. The van der Waals surface area contributed by atoms with Gasteiger partial charge in [0, 0.05) is 11.1 Å². The summed E-state index contributed by atoms with van der Waals surface area (Å²) in [6.45, 7) is 3.29. The van der Waals surface area contributed by atoms with E-state index in [1.54, 1.807) is 11.3 Å². The van der Waals surface area contributed by atoms with Gasteiger partial charge in [-0.2, -0.15) is 0 Å². The lowest BCUT2D eigenvalue weighted by atomic mass is 10.2. The Bertz CT molecular complexity index is 269. The van der Waals surface area contributed by atoms with Crippen molar-refractivity contribution in [3.8, 4) is 0 Å². The van der Waals surface area contributed by atoms with Crippen LogP contribution in [0.1, 0.15) is 29.6 Å². The van der Waals surface area contributed by atoms with E-state index in [1.807, 2.05) is 0 Å². The normalized spacial score (nSPS) is 25.0. The summed E-state index contributed by atoms with van der Waals surface area (Å²) in [5.41, 5.74) is 1.16. The van der Waals surface area contributed by atoms with E-state index in [0.29, 0.717) is 6.04 Å². The van der Waals surface area contributed by atoms with Crippen LogP contribution in [-0.2, 0) is 0 Å². The van der Waals surface area contributed by atoms with Crippen molar-refractivity contribution in [1.29, 1.82) is 0 Å². The molecule has 0 N–H and O–H groups in total. The minimum atomic E-state index is 0.601. The average molecular weight is 182 g/mol. The first-order valence-corrected chi connectivity index (χ1v) is 5.27. The summed E-state index contributed by atoms with van der Waals surface area (Å²) < 4.78 is 0. The van der Waals surface area contributed by atoms with Crippen LogP contribution in [0.15, 0.2) is 5.38 Å². The van der Waals surface area contributed by atoms with Crippen LogP contribution in [0.2, 0.25) is 0 Å². The maximum atomic E-state index is 4.52. The number of nitrogens with zero attached hydrogens (tertiary/aromatic N) is 2. The summed E-state index contributed by atoms with van der Waals surface area (Å²) in [7, 11) is 2.19. The lowest BCUT2D eigenvalue weighted by Gasteiger charge is -2.16. The summed E-state index contributed by atoms with van der Waals surface area (Å²) in [6.07, 6.45) is 2.60. The van der Waals surface area contributed by atoms with Crippen LogP contribution in [0.25, 0.3) is 0 Å². The van der Waals surface area contributed by atoms with Crippen molar-refractivity contribution in [2.45, 2.75) is 25.8 Å². The van der Waals surface area contributed by atoms with E-state index in [0.717, 1.165) is 5.69 Å². The molecular formula is C9H14N2S. The van der Waals surface area contributed by atoms with Crippen LogP contribution in [0.4, 0.5) is 0 Å². The molecule has 1 saturated heterocycles. The zero-order valence-corrected chi connectivity index (χ0v) is 8.40. The molecule has 1 atom stereocenters. The molecule has 0 saturated carbocycles. The quantitative estimate of drug-likeness (QED) is 0.662. The van der Waals surface area contributed by atoms with Gasteiger partial charge in [-0.1, -0.05) is 0 Å². The first-order valence-electron chi connectivity index (χ1n) is 4.39. The second-order valence-electron chi connectivity index (χ2n) is 3.47. The van der Waals surface area contributed by atoms with Crippen molar-refractivity contribution in [2.24, 2.45) is 0 Å². The molecule has 66 valence electrons. The number of hydrogen-bond donors (Lipinski definition) is 0. The molecule has 1 aromatic heterocycles. The van der Waals surface area contributed by atoms with Gasteiger partial charge in [0.05, 0.1) is 6.04 Å². The summed E-state index contributed by atoms with van der Waals surface area (Å²) in [5, 5.41) is 3.44. The summed E-state index contributed by atoms with van der Waals surface area (Å²) in [5.74, 6) is 0. The highest BCUT2D eigenvalue weighted by Crippen LogP contribution is 2.31. The second kappa shape index (κ2) is 3.15. The van der Waals surface area contributed by atoms with Crippen LogP contribution >= 0.6 is 11.3 Å². The first kappa shape index (κ1) is 8.20. The molecule has 1 fully saturated rings. The number of aryl methyl sites for hydroxylation is 1. The molecule has 0 amide bonds. The molecule has 0 bridgehead atoms. The van der Waals surface area contributed by atoms with Gasteiger partial charge in [-0.15, -0.1) is 11.3 Å². The van der Waals surface area contributed by atoms with Gasteiger partial charge in [-0.05, 0) is 33.4 Å². The van der Waals surface area contributed by atoms with E-state index in [1.165, 1.54) is 24.4 Å². The summed E-state index contributed by atoms with van der Waals surface area (Å²) >= 11 is 1.80. The van der Waals surface area contributed by atoms with Gasteiger partial charge in [-0.25, -0.2) is 4.98 Å². The topological polar surface area (TPSA) is 16.1 Å². The highest BCUT2D eigenvalue weighted by molar-refractivity contribution is 7.09. The standard InChI is InChI=1S/C9H14N2S/c1-7-6-12-9(10-7)8-4-3-5-11(8)2/h6,8H,3-5H2,1-2H3/t8-/m1/s1. The minimum Gasteiger partial charge on any atom is -0.297 e. The Morgan fingerprint density at radius 3 is 3.00 bits per heavy atom.